The molecule has 0 radical (unpaired) electrons. The Labute approximate surface area is 38.3 Å². The Morgan fingerprint density at radius 3 is 1.50 bits per heavy atom. The molecule has 0 N–H and O–H groups in total. The topological polar surface area (TPSA) is 3.24 Å². The Bertz CT molecular complexity index is 21.5. The van der Waals surface area contributed by atoms with Gasteiger partial charge < -0.3 is 4.90 Å². The number of nitrogens with zero attached hydrogens (tertiary/aromatic N) is 1. The van der Waals surface area contributed by atoms with Crippen molar-refractivity contribution in [3.05, 3.63) is 0 Å². The first-order chi connectivity index (χ1) is 2.27. The Morgan fingerprint density at radius 2 is 1.50 bits per heavy atom. The Morgan fingerprint density at radius 1 is 1.33 bits per heavy atom. The normalized spacial score (nSPS) is 8.00. The second kappa shape index (κ2) is 4.89. The number of rotatable bonds is 1. The van der Waals surface area contributed by atoms with Crippen LogP contribution in [0.2, 0.25) is 0 Å². The molecule has 0 aromatic carbocycles. The van der Waals surface area contributed by atoms with Crippen molar-refractivity contribution in [3.63, 3.8) is 0 Å². The van der Waals surface area contributed by atoms with Crippen LogP contribution in [-0.2, 0) is 0 Å². The summed E-state index contributed by atoms with van der Waals surface area (Å²) in [6, 6.07) is 0. The highest BCUT2D eigenvalue weighted by Crippen LogP contribution is 1.63. The molecule has 0 unspecified atom stereocenters. The van der Waals surface area contributed by atoms with Crippen LogP contribution in [0.1, 0.15) is 6.92 Å². The summed E-state index contributed by atoms with van der Waals surface area (Å²) in [5, 5.41) is 0. The molecule has 0 bridgehead atoms. The van der Waals surface area contributed by atoms with Gasteiger partial charge in [-0.2, -0.15) is 0 Å². The number of hydrogen-bond donors (Lipinski definition) is 0. The van der Waals surface area contributed by atoms with E-state index in [9.17, 15) is 0 Å². The van der Waals surface area contributed by atoms with E-state index in [1.165, 1.54) is 0 Å². The number of halogens is 1. The van der Waals surface area contributed by atoms with E-state index in [4.69, 9.17) is 0 Å². The van der Waals surface area contributed by atoms with E-state index in [2.05, 4.69) is 25.9 Å². The van der Waals surface area contributed by atoms with Crippen LogP contribution in [0.3, 0.4) is 0 Å². The van der Waals surface area contributed by atoms with Gasteiger partial charge in [-0.25, -0.2) is 0 Å². The lowest BCUT2D eigenvalue weighted by molar-refractivity contribution is 0.434. The molecule has 0 saturated heterocycles. The zero-order chi connectivity index (χ0) is 4.28. The maximum atomic E-state index is 2.12. The second-order valence-electron chi connectivity index (χ2n) is 1.40. The summed E-state index contributed by atoms with van der Waals surface area (Å²) in [5.41, 5.74) is 0. The molecule has 0 atom stereocenters. The van der Waals surface area contributed by atoms with Gasteiger partial charge in [-0.3, -0.25) is 4.70 Å². The van der Waals surface area contributed by atoms with Crippen molar-refractivity contribution in [3.8, 4) is 0 Å². The molecule has 0 rings (SSSR count). The fraction of sp³-hybridized carbons (Fsp3) is 1.00. The fourth-order valence-electron chi connectivity index (χ4n) is 0. The van der Waals surface area contributed by atoms with Gasteiger partial charge >= 0.3 is 0 Å². The van der Waals surface area contributed by atoms with Gasteiger partial charge in [0.25, 0.3) is 0 Å². The molecule has 0 aliphatic rings. The molecule has 6 heavy (non-hydrogen) atoms. The van der Waals surface area contributed by atoms with Crippen molar-refractivity contribution < 1.29 is 4.70 Å². The molecule has 0 saturated carbocycles. The molecule has 0 spiro atoms. The fourth-order valence-corrected chi connectivity index (χ4v) is 0. The first kappa shape index (κ1) is 9.31. The van der Waals surface area contributed by atoms with Crippen LogP contribution in [0.25, 0.3) is 0 Å². The highest BCUT2D eigenvalue weighted by Gasteiger charge is 1.72. The molecule has 0 aliphatic heterocycles. The van der Waals surface area contributed by atoms with E-state index in [1.807, 2.05) is 0 Å². The van der Waals surface area contributed by atoms with Crippen molar-refractivity contribution in [2.75, 3.05) is 20.6 Å². The predicted molar refractivity (Wildman–Crippen MR) is 26.7 cm³/mol. The van der Waals surface area contributed by atoms with Crippen LogP contribution in [0.4, 0.5) is 4.70 Å². The summed E-state index contributed by atoms with van der Waals surface area (Å²) in [7, 11) is 4.11. The maximum Gasteiger partial charge on any atom is -0.00533 e. The summed E-state index contributed by atoms with van der Waals surface area (Å²) in [5.74, 6) is 0. The second-order valence-corrected chi connectivity index (χ2v) is 1.40. The lowest BCUT2D eigenvalue weighted by Crippen LogP contribution is -2.08. The van der Waals surface area contributed by atoms with Crippen LogP contribution in [0, 0.1) is 0 Å². The summed E-state index contributed by atoms with van der Waals surface area (Å²) >= 11 is 0. The third kappa shape index (κ3) is 9.10. The van der Waals surface area contributed by atoms with Crippen LogP contribution in [-0.4, -0.2) is 25.5 Å². The summed E-state index contributed by atoms with van der Waals surface area (Å²) in [6.07, 6.45) is 0. The molecule has 1 nitrogen and oxygen atoms in total. The lowest BCUT2D eigenvalue weighted by Gasteiger charge is -2.00. The minimum atomic E-state index is 0. The minimum absolute atomic E-state index is 0. The first-order valence-corrected chi connectivity index (χ1v) is 1.92. The number of hydrogen-bond acceptors (Lipinski definition) is 1. The minimum Gasteiger partial charge on any atom is -0.310 e. The van der Waals surface area contributed by atoms with Gasteiger partial charge in [0, 0.05) is 0 Å². The van der Waals surface area contributed by atoms with Crippen LogP contribution < -0.4 is 0 Å². The van der Waals surface area contributed by atoms with Gasteiger partial charge in [-0.15, -0.1) is 0 Å². The molecular weight excluding hydrogens is 81.0 g/mol. The van der Waals surface area contributed by atoms with E-state index in [0.29, 0.717) is 0 Å². The standard InChI is InChI=1S/C4H11N.FH/c1-4-5(2)3;/h4H2,1-3H3;1H. The van der Waals surface area contributed by atoms with Gasteiger partial charge in [0.05, 0.1) is 0 Å². The van der Waals surface area contributed by atoms with Gasteiger partial charge in [0.1, 0.15) is 0 Å². The third-order valence-electron chi connectivity index (χ3n) is 0.632. The lowest BCUT2D eigenvalue weighted by atomic mass is 10.7. The molecule has 2 heteroatoms. The molecule has 0 aliphatic carbocycles. The zero-order valence-electron chi connectivity index (χ0n) is 4.56. The van der Waals surface area contributed by atoms with E-state index in [-0.39, 0.29) is 4.70 Å². The quantitative estimate of drug-likeness (QED) is 0.461. The van der Waals surface area contributed by atoms with Crippen molar-refractivity contribution in [2.45, 2.75) is 6.92 Å². The molecule has 0 aromatic rings. The SMILES string of the molecule is CCN(C)C.F. The maximum absolute atomic E-state index is 2.12. The molecule has 0 amide bonds. The highest BCUT2D eigenvalue weighted by atomic mass is 19.0. The van der Waals surface area contributed by atoms with Gasteiger partial charge in [-0.05, 0) is 20.6 Å². The van der Waals surface area contributed by atoms with E-state index in [1.54, 1.807) is 0 Å². The molecule has 0 fully saturated rings. The van der Waals surface area contributed by atoms with Crippen LogP contribution in [0.5, 0.6) is 0 Å². The monoisotopic (exact) mass is 93.1 g/mol. The van der Waals surface area contributed by atoms with Gasteiger partial charge in [-0.1, -0.05) is 6.92 Å². The first-order valence-electron chi connectivity index (χ1n) is 1.92. The van der Waals surface area contributed by atoms with Crippen molar-refractivity contribution in [1.82, 2.24) is 4.90 Å². The van der Waals surface area contributed by atoms with Crippen LogP contribution in [0.15, 0.2) is 0 Å². The molecule has 40 valence electrons. The molecular formula is C4H12FN. The Balaban J connectivity index is 0. The third-order valence-corrected chi connectivity index (χ3v) is 0.632. The summed E-state index contributed by atoms with van der Waals surface area (Å²) < 4.78 is 0. The summed E-state index contributed by atoms with van der Waals surface area (Å²) in [6.45, 7) is 3.26. The largest absolute Gasteiger partial charge is 0.310 e. The zero-order valence-corrected chi connectivity index (χ0v) is 4.56. The Hall–Kier alpha value is -0.110. The van der Waals surface area contributed by atoms with Crippen molar-refractivity contribution in [2.24, 2.45) is 0 Å². The predicted octanol–water partition coefficient (Wildman–Crippen LogP) is 0.720. The average molecular weight is 93.1 g/mol. The van der Waals surface area contributed by atoms with Crippen molar-refractivity contribution >= 4 is 0 Å². The molecule has 0 aromatic heterocycles. The molecule has 0 heterocycles. The highest BCUT2D eigenvalue weighted by molar-refractivity contribution is 4.25. The van der Waals surface area contributed by atoms with E-state index in [0.717, 1.165) is 6.54 Å². The van der Waals surface area contributed by atoms with E-state index < -0.39 is 0 Å². The summed E-state index contributed by atoms with van der Waals surface area (Å²) in [4.78, 5) is 2.12. The van der Waals surface area contributed by atoms with Crippen molar-refractivity contribution in [1.29, 1.82) is 0 Å². The average Bonchev–Trinajstić information content (AvgIpc) is 1.38. The smallest absolute Gasteiger partial charge is 0.00533 e. The van der Waals surface area contributed by atoms with E-state index >= 15 is 0 Å². The van der Waals surface area contributed by atoms with Crippen LogP contribution >= 0.6 is 0 Å². The van der Waals surface area contributed by atoms with Gasteiger partial charge in [0.2, 0.25) is 0 Å². The Kier molecular flexibility index (Phi) is 7.59. The van der Waals surface area contributed by atoms with Gasteiger partial charge in [0.15, 0.2) is 0 Å².